The third-order valence-electron chi connectivity index (χ3n) is 2.11. The van der Waals surface area contributed by atoms with Gasteiger partial charge < -0.3 is 10.1 Å². The summed E-state index contributed by atoms with van der Waals surface area (Å²) in [6.07, 6.45) is 0. The van der Waals surface area contributed by atoms with Crippen molar-refractivity contribution in [3.63, 3.8) is 0 Å². The van der Waals surface area contributed by atoms with E-state index in [1.165, 1.54) is 0 Å². The summed E-state index contributed by atoms with van der Waals surface area (Å²) in [5.41, 5.74) is 1.04. The van der Waals surface area contributed by atoms with E-state index in [-0.39, 0.29) is 6.04 Å². The fourth-order valence-corrected chi connectivity index (χ4v) is 1.53. The number of rotatable bonds is 5. The standard InChI is InChI=1S/C11H15Cl2NO/c1-8(6-12)14-7-9-5-10(13)3-4-11(9)15-2/h3-5,8,14H,6-7H2,1-2H3. The van der Waals surface area contributed by atoms with Crippen LogP contribution in [0.5, 0.6) is 5.75 Å². The van der Waals surface area contributed by atoms with Crippen LogP contribution in [0.4, 0.5) is 0 Å². The maximum Gasteiger partial charge on any atom is 0.123 e. The number of nitrogens with one attached hydrogen (secondary N) is 1. The van der Waals surface area contributed by atoms with Crippen LogP contribution in [0.25, 0.3) is 0 Å². The van der Waals surface area contributed by atoms with E-state index in [1.54, 1.807) is 7.11 Å². The minimum atomic E-state index is 0.273. The number of methoxy groups -OCH3 is 1. The quantitative estimate of drug-likeness (QED) is 0.808. The molecule has 0 heterocycles. The molecule has 0 aliphatic carbocycles. The van der Waals surface area contributed by atoms with Gasteiger partial charge in [0.1, 0.15) is 5.75 Å². The Bertz CT molecular complexity index is 317. The summed E-state index contributed by atoms with van der Waals surface area (Å²) in [6.45, 7) is 2.74. The van der Waals surface area contributed by atoms with Crippen molar-refractivity contribution in [3.8, 4) is 5.75 Å². The largest absolute Gasteiger partial charge is 0.496 e. The zero-order valence-electron chi connectivity index (χ0n) is 8.89. The van der Waals surface area contributed by atoms with E-state index < -0.39 is 0 Å². The van der Waals surface area contributed by atoms with Crippen molar-refractivity contribution in [1.29, 1.82) is 0 Å². The van der Waals surface area contributed by atoms with Crippen LogP contribution in [0.3, 0.4) is 0 Å². The van der Waals surface area contributed by atoms with E-state index in [2.05, 4.69) is 5.32 Å². The molecule has 1 N–H and O–H groups in total. The number of hydrogen-bond donors (Lipinski definition) is 1. The minimum Gasteiger partial charge on any atom is -0.496 e. The second kappa shape index (κ2) is 6.21. The first kappa shape index (κ1) is 12.6. The van der Waals surface area contributed by atoms with Crippen LogP contribution in [0.2, 0.25) is 5.02 Å². The summed E-state index contributed by atoms with van der Waals surface area (Å²) in [5, 5.41) is 3.99. The third-order valence-corrected chi connectivity index (χ3v) is 2.81. The molecule has 2 nitrogen and oxygen atoms in total. The molecule has 0 bridgehead atoms. The molecule has 84 valence electrons. The molecule has 0 saturated heterocycles. The van der Waals surface area contributed by atoms with Gasteiger partial charge in [0.15, 0.2) is 0 Å². The Balaban J connectivity index is 2.69. The molecule has 0 spiro atoms. The normalized spacial score (nSPS) is 12.5. The van der Waals surface area contributed by atoms with Crippen LogP contribution < -0.4 is 10.1 Å². The summed E-state index contributed by atoms with van der Waals surface area (Å²) in [5.74, 6) is 1.43. The molecular formula is C11H15Cl2NO. The SMILES string of the molecule is COc1ccc(Cl)cc1CNC(C)CCl. The highest BCUT2D eigenvalue weighted by atomic mass is 35.5. The van der Waals surface area contributed by atoms with E-state index in [9.17, 15) is 0 Å². The van der Waals surface area contributed by atoms with Crippen molar-refractivity contribution in [2.24, 2.45) is 0 Å². The van der Waals surface area contributed by atoms with Gasteiger partial charge >= 0.3 is 0 Å². The monoisotopic (exact) mass is 247 g/mol. The average molecular weight is 248 g/mol. The maximum atomic E-state index is 5.91. The van der Waals surface area contributed by atoms with Crippen molar-refractivity contribution in [3.05, 3.63) is 28.8 Å². The number of ether oxygens (including phenoxy) is 1. The lowest BCUT2D eigenvalue weighted by atomic mass is 10.2. The summed E-state index contributed by atoms with van der Waals surface area (Å²) in [7, 11) is 1.65. The molecule has 15 heavy (non-hydrogen) atoms. The molecule has 1 aromatic rings. The summed E-state index contributed by atoms with van der Waals surface area (Å²) >= 11 is 11.6. The van der Waals surface area contributed by atoms with Crippen molar-refractivity contribution < 1.29 is 4.74 Å². The molecule has 1 atom stereocenters. The third kappa shape index (κ3) is 3.90. The van der Waals surface area contributed by atoms with Gasteiger partial charge in [0.25, 0.3) is 0 Å². The molecule has 1 aromatic carbocycles. The Morgan fingerprint density at radius 1 is 1.47 bits per heavy atom. The lowest BCUT2D eigenvalue weighted by Crippen LogP contribution is -2.26. The van der Waals surface area contributed by atoms with Crippen LogP contribution in [0, 0.1) is 0 Å². The lowest BCUT2D eigenvalue weighted by Gasteiger charge is -2.13. The minimum absolute atomic E-state index is 0.273. The highest BCUT2D eigenvalue weighted by Crippen LogP contribution is 2.22. The molecule has 0 radical (unpaired) electrons. The van der Waals surface area contributed by atoms with Gasteiger partial charge in [0.05, 0.1) is 7.11 Å². The van der Waals surface area contributed by atoms with Gasteiger partial charge in [-0.3, -0.25) is 0 Å². The van der Waals surface area contributed by atoms with Crippen LogP contribution >= 0.6 is 23.2 Å². The highest BCUT2D eigenvalue weighted by molar-refractivity contribution is 6.30. The van der Waals surface area contributed by atoms with E-state index in [0.717, 1.165) is 11.3 Å². The number of halogens is 2. The molecule has 0 aromatic heterocycles. The number of alkyl halides is 1. The van der Waals surface area contributed by atoms with Gasteiger partial charge in [-0.15, -0.1) is 11.6 Å². The van der Waals surface area contributed by atoms with Crippen molar-refractivity contribution >= 4 is 23.2 Å². The first-order chi connectivity index (χ1) is 7.17. The fourth-order valence-electron chi connectivity index (χ4n) is 1.22. The Labute approximate surface area is 101 Å². The molecule has 0 aliphatic heterocycles. The first-order valence-corrected chi connectivity index (χ1v) is 5.70. The van der Waals surface area contributed by atoms with E-state index in [1.807, 2.05) is 25.1 Å². The fraction of sp³-hybridized carbons (Fsp3) is 0.455. The van der Waals surface area contributed by atoms with E-state index in [0.29, 0.717) is 17.4 Å². The summed E-state index contributed by atoms with van der Waals surface area (Å²) < 4.78 is 5.23. The van der Waals surface area contributed by atoms with Gasteiger partial charge in [-0.2, -0.15) is 0 Å². The van der Waals surface area contributed by atoms with Gasteiger partial charge in [-0.25, -0.2) is 0 Å². The summed E-state index contributed by atoms with van der Waals surface area (Å²) in [6, 6.07) is 5.85. The van der Waals surface area contributed by atoms with Crippen LogP contribution in [-0.4, -0.2) is 19.0 Å². The average Bonchev–Trinajstić information content (AvgIpc) is 2.26. The van der Waals surface area contributed by atoms with Crippen molar-refractivity contribution in [1.82, 2.24) is 5.32 Å². The predicted molar refractivity (Wildman–Crippen MR) is 65.0 cm³/mol. The summed E-state index contributed by atoms with van der Waals surface area (Å²) in [4.78, 5) is 0. The molecule has 0 fully saturated rings. The molecule has 0 saturated carbocycles. The van der Waals surface area contributed by atoms with Crippen molar-refractivity contribution in [2.45, 2.75) is 19.5 Å². The maximum absolute atomic E-state index is 5.91. The topological polar surface area (TPSA) is 21.3 Å². The molecule has 0 amide bonds. The Kier molecular flexibility index (Phi) is 5.23. The Morgan fingerprint density at radius 2 is 2.20 bits per heavy atom. The zero-order chi connectivity index (χ0) is 11.3. The van der Waals surface area contributed by atoms with E-state index in [4.69, 9.17) is 27.9 Å². The number of hydrogen-bond acceptors (Lipinski definition) is 2. The molecule has 4 heteroatoms. The lowest BCUT2D eigenvalue weighted by molar-refractivity contribution is 0.406. The van der Waals surface area contributed by atoms with E-state index >= 15 is 0 Å². The predicted octanol–water partition coefficient (Wildman–Crippen LogP) is 3.07. The van der Waals surface area contributed by atoms with Gasteiger partial charge in [0, 0.05) is 29.1 Å². The van der Waals surface area contributed by atoms with Gasteiger partial charge in [0.2, 0.25) is 0 Å². The second-order valence-corrected chi connectivity index (χ2v) is 4.14. The Hall–Kier alpha value is -0.440. The molecular weight excluding hydrogens is 233 g/mol. The molecule has 0 aliphatic rings. The zero-order valence-corrected chi connectivity index (χ0v) is 10.4. The first-order valence-electron chi connectivity index (χ1n) is 4.79. The van der Waals surface area contributed by atoms with Gasteiger partial charge in [-0.05, 0) is 25.1 Å². The van der Waals surface area contributed by atoms with Crippen LogP contribution in [-0.2, 0) is 6.54 Å². The smallest absolute Gasteiger partial charge is 0.123 e. The highest BCUT2D eigenvalue weighted by Gasteiger charge is 2.05. The van der Waals surface area contributed by atoms with Crippen LogP contribution in [0.15, 0.2) is 18.2 Å². The van der Waals surface area contributed by atoms with Gasteiger partial charge in [-0.1, -0.05) is 11.6 Å². The molecule has 1 rings (SSSR count). The second-order valence-electron chi connectivity index (χ2n) is 3.39. The number of benzene rings is 1. The molecule has 1 unspecified atom stereocenters. The van der Waals surface area contributed by atoms with Crippen molar-refractivity contribution in [2.75, 3.05) is 13.0 Å². The van der Waals surface area contributed by atoms with Crippen LogP contribution in [0.1, 0.15) is 12.5 Å². The Morgan fingerprint density at radius 3 is 2.80 bits per heavy atom.